The molecule has 2 amide bonds. The van der Waals surface area contributed by atoms with Gasteiger partial charge in [-0.3, -0.25) is 4.90 Å². The van der Waals surface area contributed by atoms with Crippen LogP contribution in [0.1, 0.15) is 23.5 Å². The number of benzene rings is 2. The van der Waals surface area contributed by atoms with Crippen LogP contribution < -0.4 is 15.4 Å². The zero-order chi connectivity index (χ0) is 25.0. The van der Waals surface area contributed by atoms with E-state index >= 15 is 0 Å². The molecule has 2 aromatic carbocycles. The topological polar surface area (TPSA) is 106 Å². The average Bonchev–Trinajstić information content (AvgIpc) is 3.31. The van der Waals surface area contributed by atoms with Crippen molar-refractivity contribution in [3.8, 4) is 5.75 Å². The molecule has 1 aliphatic heterocycles. The quantitative estimate of drug-likeness (QED) is 0.496. The van der Waals surface area contributed by atoms with Crippen LogP contribution in [0.2, 0.25) is 5.02 Å². The van der Waals surface area contributed by atoms with Gasteiger partial charge in [0.25, 0.3) is 10.0 Å². The predicted molar refractivity (Wildman–Crippen MR) is 135 cm³/mol. The number of halogens is 1. The molecular weight excluding hydrogens is 490 g/mol. The fourth-order valence-electron chi connectivity index (χ4n) is 4.25. The van der Waals surface area contributed by atoms with Crippen LogP contribution in [0.3, 0.4) is 0 Å². The molecule has 1 aromatic heterocycles. The minimum Gasteiger partial charge on any atom is -0.497 e. The number of nitrogens with zero attached hydrogens (tertiary/aromatic N) is 3. The van der Waals surface area contributed by atoms with Crippen LogP contribution >= 0.6 is 11.6 Å². The molecule has 0 bridgehead atoms. The van der Waals surface area contributed by atoms with Gasteiger partial charge >= 0.3 is 6.03 Å². The normalized spacial score (nSPS) is 18.7. The number of urea groups is 1. The summed E-state index contributed by atoms with van der Waals surface area (Å²) in [5, 5.41) is 10.6. The lowest BCUT2D eigenvalue weighted by Gasteiger charge is -2.39. The van der Waals surface area contributed by atoms with Crippen LogP contribution in [0.4, 0.5) is 10.5 Å². The fourth-order valence-corrected chi connectivity index (χ4v) is 4.93. The summed E-state index contributed by atoms with van der Waals surface area (Å²) in [7, 11) is -1.80. The fraction of sp³-hybridized carbons (Fsp3) is 0.333. The first-order chi connectivity index (χ1) is 16.7. The Morgan fingerprint density at radius 1 is 1.17 bits per heavy atom. The summed E-state index contributed by atoms with van der Waals surface area (Å²) >= 11 is 5.93. The van der Waals surface area contributed by atoms with E-state index in [1.165, 1.54) is 0 Å². The molecule has 1 aliphatic rings. The van der Waals surface area contributed by atoms with Crippen molar-refractivity contribution in [2.75, 3.05) is 31.8 Å². The number of carbonyl (C=O) groups is 1. The molecule has 0 radical (unpaired) electrons. The molecule has 186 valence electrons. The Bertz CT molecular complexity index is 1260. The van der Waals surface area contributed by atoms with Crippen molar-refractivity contribution in [3.63, 3.8) is 0 Å². The van der Waals surface area contributed by atoms with E-state index in [9.17, 15) is 13.2 Å². The Morgan fingerprint density at radius 3 is 2.51 bits per heavy atom. The second-order valence-corrected chi connectivity index (χ2v) is 10.9. The molecule has 0 aliphatic carbocycles. The number of methoxy groups -OCH3 is 1. The van der Waals surface area contributed by atoms with Crippen molar-refractivity contribution in [1.82, 2.24) is 19.4 Å². The second kappa shape index (κ2) is 10.7. The molecule has 9 nitrogen and oxygen atoms in total. The molecule has 2 heterocycles. The van der Waals surface area contributed by atoms with Gasteiger partial charge in [0, 0.05) is 54.1 Å². The largest absolute Gasteiger partial charge is 0.497 e. The van der Waals surface area contributed by atoms with Crippen LogP contribution in [0.15, 0.2) is 60.9 Å². The van der Waals surface area contributed by atoms with E-state index in [0.717, 1.165) is 40.2 Å². The summed E-state index contributed by atoms with van der Waals surface area (Å²) < 4.78 is 29.8. The van der Waals surface area contributed by atoms with E-state index in [2.05, 4.69) is 20.6 Å². The number of ether oxygens (including phenoxy) is 1. The van der Waals surface area contributed by atoms with E-state index in [4.69, 9.17) is 16.3 Å². The monoisotopic (exact) mass is 517 g/mol. The van der Waals surface area contributed by atoms with Crippen molar-refractivity contribution in [2.45, 2.75) is 24.9 Å². The van der Waals surface area contributed by atoms with Gasteiger partial charge in [-0.2, -0.15) is 9.19 Å². The van der Waals surface area contributed by atoms with E-state index < -0.39 is 10.0 Å². The summed E-state index contributed by atoms with van der Waals surface area (Å²) in [5.41, 5.74) is 2.56. The lowest BCUT2D eigenvalue weighted by Crippen LogP contribution is -2.50. The van der Waals surface area contributed by atoms with E-state index in [1.54, 1.807) is 43.8 Å². The molecule has 0 unspecified atom stereocenters. The Labute approximate surface area is 210 Å². The van der Waals surface area contributed by atoms with Gasteiger partial charge in [-0.05, 0) is 48.4 Å². The Hall–Kier alpha value is -3.08. The first-order valence-corrected chi connectivity index (χ1v) is 13.4. The van der Waals surface area contributed by atoms with E-state index in [0.29, 0.717) is 23.8 Å². The number of rotatable bonds is 7. The van der Waals surface area contributed by atoms with Gasteiger partial charge in [-0.15, -0.1) is 0 Å². The maximum absolute atomic E-state index is 12.8. The van der Waals surface area contributed by atoms with Gasteiger partial charge in [-0.1, -0.05) is 23.7 Å². The summed E-state index contributed by atoms with van der Waals surface area (Å²) in [5.74, 6) is 0.787. The lowest BCUT2D eigenvalue weighted by molar-refractivity contribution is 0.168. The molecule has 4 rings (SSSR count). The van der Waals surface area contributed by atoms with Crippen molar-refractivity contribution in [2.24, 2.45) is 0 Å². The minimum atomic E-state index is -3.42. The second-order valence-electron chi connectivity index (χ2n) is 8.60. The van der Waals surface area contributed by atoms with Crippen LogP contribution in [-0.2, 0) is 16.6 Å². The van der Waals surface area contributed by atoms with Crippen LogP contribution in [0.25, 0.3) is 0 Å². The number of anilines is 1. The lowest BCUT2D eigenvalue weighted by atomic mass is 9.85. The highest BCUT2D eigenvalue weighted by atomic mass is 35.5. The number of hydrogen-bond donors (Lipinski definition) is 2. The van der Waals surface area contributed by atoms with Crippen LogP contribution in [0, 0.1) is 0 Å². The van der Waals surface area contributed by atoms with Crippen molar-refractivity contribution in [3.05, 3.63) is 77.1 Å². The third kappa shape index (κ3) is 6.53. The minimum absolute atomic E-state index is 0.0237. The number of likely N-dealkylation sites (tertiary alicyclic amines) is 1. The van der Waals surface area contributed by atoms with Crippen molar-refractivity contribution >= 4 is 33.3 Å². The smallest absolute Gasteiger partial charge is 0.319 e. The Morgan fingerprint density at radius 2 is 1.89 bits per heavy atom. The molecule has 3 aromatic rings. The third-order valence-electron chi connectivity index (χ3n) is 6.02. The molecule has 35 heavy (non-hydrogen) atoms. The molecule has 2 atom stereocenters. The maximum atomic E-state index is 12.8. The molecular formula is C24H28ClN5O4S. The standard InChI is InChI=1S/C24H28ClN5O4S/c1-34-21-9-3-18(4-10-21)22-16-29(14-17-13-26-30(15-17)35(2,32)33)12-11-23(22)28-24(31)27-20-7-5-19(25)6-8-20/h3-10,13,15,22-23H,11-12,14,16H2,1-2H3,(H2,27,28,31)/t22-,23+/m1/s1. The SMILES string of the molecule is COc1ccc([C@H]2CN(Cc3cnn(S(C)(=O)=O)c3)CC[C@@H]2NC(=O)Nc2ccc(Cl)cc2)cc1. The first kappa shape index (κ1) is 25.0. The van der Waals surface area contributed by atoms with Gasteiger partial charge in [0.05, 0.1) is 19.6 Å². The highest BCUT2D eigenvalue weighted by Crippen LogP contribution is 2.30. The molecule has 1 saturated heterocycles. The molecule has 11 heteroatoms. The van der Waals surface area contributed by atoms with Gasteiger partial charge < -0.3 is 15.4 Å². The highest BCUT2D eigenvalue weighted by molar-refractivity contribution is 7.89. The number of carbonyl (C=O) groups excluding carboxylic acids is 1. The Kier molecular flexibility index (Phi) is 7.63. The van der Waals surface area contributed by atoms with Crippen LogP contribution in [-0.4, -0.2) is 61.0 Å². The van der Waals surface area contributed by atoms with Gasteiger partial charge in [0.15, 0.2) is 0 Å². The third-order valence-corrected chi connectivity index (χ3v) is 7.15. The van der Waals surface area contributed by atoms with Crippen molar-refractivity contribution < 1.29 is 17.9 Å². The van der Waals surface area contributed by atoms with Gasteiger partial charge in [0.2, 0.25) is 0 Å². The van der Waals surface area contributed by atoms with Crippen LogP contribution in [0.5, 0.6) is 5.75 Å². The maximum Gasteiger partial charge on any atom is 0.319 e. The van der Waals surface area contributed by atoms with E-state index in [-0.39, 0.29) is 18.0 Å². The van der Waals surface area contributed by atoms with Crippen molar-refractivity contribution in [1.29, 1.82) is 0 Å². The first-order valence-electron chi connectivity index (χ1n) is 11.1. The summed E-state index contributed by atoms with van der Waals surface area (Å²) in [6, 6.07) is 14.4. The number of piperidine rings is 1. The molecule has 2 N–H and O–H groups in total. The highest BCUT2D eigenvalue weighted by Gasteiger charge is 2.32. The number of nitrogens with one attached hydrogen (secondary N) is 2. The summed E-state index contributed by atoms with van der Waals surface area (Å²) in [6.07, 6.45) is 4.97. The van der Waals surface area contributed by atoms with Gasteiger partial charge in [0.1, 0.15) is 5.75 Å². The zero-order valence-corrected chi connectivity index (χ0v) is 21.1. The number of hydrogen-bond acceptors (Lipinski definition) is 6. The van der Waals surface area contributed by atoms with Gasteiger partial charge in [-0.25, -0.2) is 13.2 Å². The Balaban J connectivity index is 1.48. The molecule has 0 spiro atoms. The summed E-state index contributed by atoms with van der Waals surface area (Å²) in [4.78, 5) is 15.0. The predicted octanol–water partition coefficient (Wildman–Crippen LogP) is 3.53. The molecule has 0 saturated carbocycles. The average molecular weight is 518 g/mol. The molecule has 1 fully saturated rings. The number of aromatic nitrogens is 2. The zero-order valence-electron chi connectivity index (χ0n) is 19.5. The number of amides is 2. The summed E-state index contributed by atoms with van der Waals surface area (Å²) in [6.45, 7) is 1.98. The van der Waals surface area contributed by atoms with E-state index in [1.807, 2.05) is 24.3 Å².